The third-order valence-corrected chi connectivity index (χ3v) is 6.74. The predicted molar refractivity (Wildman–Crippen MR) is 107 cm³/mol. The average molecular weight is 433 g/mol. The van der Waals surface area contributed by atoms with Crippen LogP contribution in [0.3, 0.4) is 0 Å². The van der Waals surface area contributed by atoms with Crippen LogP contribution in [0.5, 0.6) is 0 Å². The van der Waals surface area contributed by atoms with Crippen molar-refractivity contribution in [3.05, 3.63) is 28.2 Å². The molecule has 2 aromatic heterocycles. The number of nitrogens with one attached hydrogen (secondary N) is 2. The number of likely N-dealkylation sites (N-methyl/N-ethyl adjacent to an activating group) is 1. The number of thiazole rings is 1. The summed E-state index contributed by atoms with van der Waals surface area (Å²) in [6.45, 7) is 1.71. The molecule has 0 saturated heterocycles. The van der Waals surface area contributed by atoms with E-state index in [-0.39, 0.29) is 18.0 Å². The van der Waals surface area contributed by atoms with Crippen LogP contribution in [0.25, 0.3) is 0 Å². The summed E-state index contributed by atoms with van der Waals surface area (Å²) in [4.78, 5) is 43.8. The van der Waals surface area contributed by atoms with Crippen molar-refractivity contribution in [3.8, 4) is 0 Å². The Labute approximate surface area is 177 Å². The monoisotopic (exact) mass is 432 g/mol. The molecule has 12 heteroatoms. The molecule has 1 saturated carbocycles. The minimum Gasteiger partial charge on any atom is -0.361 e. The van der Waals surface area contributed by atoms with Crippen LogP contribution in [0.15, 0.2) is 12.7 Å². The van der Waals surface area contributed by atoms with E-state index < -0.39 is 17.9 Å². The molecule has 0 bridgehead atoms. The fourth-order valence-corrected chi connectivity index (χ4v) is 5.13. The summed E-state index contributed by atoms with van der Waals surface area (Å²) in [6, 6.07) is -0.710. The first-order chi connectivity index (χ1) is 14.4. The zero-order valence-corrected chi connectivity index (χ0v) is 17.4. The van der Waals surface area contributed by atoms with E-state index in [1.54, 1.807) is 12.7 Å². The Kier molecular flexibility index (Phi) is 5.77. The average Bonchev–Trinajstić information content (AvgIpc) is 3.38. The lowest BCUT2D eigenvalue weighted by molar-refractivity contribution is -0.138. The smallest absolute Gasteiger partial charge is 0.309 e. The van der Waals surface area contributed by atoms with Crippen molar-refractivity contribution in [1.82, 2.24) is 35.3 Å². The van der Waals surface area contributed by atoms with E-state index in [1.165, 1.54) is 11.3 Å². The highest BCUT2D eigenvalue weighted by Crippen LogP contribution is 2.30. The van der Waals surface area contributed by atoms with Gasteiger partial charge in [-0.15, -0.1) is 21.5 Å². The van der Waals surface area contributed by atoms with Gasteiger partial charge in [-0.3, -0.25) is 14.4 Å². The van der Waals surface area contributed by atoms with Crippen molar-refractivity contribution in [2.45, 2.75) is 50.4 Å². The molecule has 0 aromatic carbocycles. The number of rotatable bonds is 4. The molecule has 160 valence electrons. The van der Waals surface area contributed by atoms with Gasteiger partial charge >= 0.3 is 11.8 Å². The van der Waals surface area contributed by atoms with E-state index in [0.29, 0.717) is 17.8 Å². The van der Waals surface area contributed by atoms with E-state index in [1.807, 2.05) is 11.6 Å². The Morgan fingerprint density at radius 3 is 2.67 bits per heavy atom. The first-order valence-electron chi connectivity index (χ1n) is 9.83. The number of aromatic nitrogens is 4. The Hall–Kier alpha value is -2.86. The summed E-state index contributed by atoms with van der Waals surface area (Å²) in [7, 11) is 2.04. The summed E-state index contributed by atoms with van der Waals surface area (Å²) in [5, 5.41) is 13.8. The molecule has 0 unspecified atom stereocenters. The van der Waals surface area contributed by atoms with Crippen molar-refractivity contribution in [3.63, 3.8) is 0 Å². The van der Waals surface area contributed by atoms with Gasteiger partial charge in [0.2, 0.25) is 0 Å². The van der Waals surface area contributed by atoms with Crippen LogP contribution in [0.1, 0.15) is 45.7 Å². The number of carbonyl (C=O) groups excluding carboxylic acids is 3. The van der Waals surface area contributed by atoms with Gasteiger partial charge in [-0.1, -0.05) is 0 Å². The molecule has 2 aromatic rings. The fourth-order valence-electron chi connectivity index (χ4n) is 4.04. The van der Waals surface area contributed by atoms with E-state index in [9.17, 15) is 14.4 Å². The molecule has 11 nitrogen and oxygen atoms in total. The summed E-state index contributed by atoms with van der Waals surface area (Å²) in [5.74, 6) is -2.17. The largest absolute Gasteiger partial charge is 0.361 e. The number of primary amides is 1. The molecule has 1 fully saturated rings. The lowest BCUT2D eigenvalue weighted by Crippen LogP contribution is -2.56. The number of hydrogen-bond donors (Lipinski definition) is 3. The number of amides is 3. The van der Waals surface area contributed by atoms with Crippen molar-refractivity contribution >= 4 is 29.1 Å². The Morgan fingerprint density at radius 1 is 1.17 bits per heavy atom. The molecule has 3 heterocycles. The van der Waals surface area contributed by atoms with Gasteiger partial charge in [-0.2, -0.15) is 0 Å². The number of hydrogen-bond acceptors (Lipinski definition) is 8. The van der Waals surface area contributed by atoms with Gasteiger partial charge < -0.3 is 25.8 Å². The van der Waals surface area contributed by atoms with E-state index >= 15 is 0 Å². The minimum atomic E-state index is -1.04. The van der Waals surface area contributed by atoms with Crippen LogP contribution in [-0.4, -0.2) is 68.0 Å². The molecule has 4 N–H and O–H groups in total. The molecular weight excluding hydrogens is 408 g/mol. The fraction of sp³-hybridized carbons (Fsp3) is 0.556. The van der Waals surface area contributed by atoms with Crippen molar-refractivity contribution in [2.24, 2.45) is 5.73 Å². The zero-order chi connectivity index (χ0) is 21.3. The highest BCUT2D eigenvalue weighted by molar-refractivity contribution is 7.13. The second-order valence-corrected chi connectivity index (χ2v) is 8.86. The standard InChI is InChI=1S/C18H24N8O3S/c1-25-5-4-12-14(7-25)30-18(24-12)17(29)23-13-6-10(26-8-20-21-9-26)2-3-11(13)22-16(28)15(19)27/h8-11,13H,2-7H2,1H3,(H2,19,27)(H,22,28)(H,23,29)/t10-,11-,13+/m0/s1. The Bertz CT molecular complexity index is 943. The predicted octanol–water partition coefficient (Wildman–Crippen LogP) is -0.784. The SMILES string of the molecule is CN1CCc2nc(C(=O)N[C@@H]3C[C@@H](n4cnnc4)CC[C@@H]3NC(=O)C(N)=O)sc2C1. The third kappa shape index (κ3) is 4.33. The van der Waals surface area contributed by atoms with Crippen molar-refractivity contribution < 1.29 is 14.4 Å². The maximum atomic E-state index is 13.0. The second kappa shape index (κ2) is 8.48. The van der Waals surface area contributed by atoms with Crippen LogP contribution in [0, 0.1) is 0 Å². The van der Waals surface area contributed by atoms with Gasteiger partial charge in [-0.25, -0.2) is 4.98 Å². The number of fused-ring (bicyclic) bond motifs is 1. The van der Waals surface area contributed by atoms with Crippen LogP contribution >= 0.6 is 11.3 Å². The molecule has 2 aliphatic rings. The maximum absolute atomic E-state index is 13.0. The summed E-state index contributed by atoms with van der Waals surface area (Å²) < 4.78 is 1.89. The minimum absolute atomic E-state index is 0.0742. The maximum Gasteiger partial charge on any atom is 0.309 e. The first kappa shape index (κ1) is 20.4. The molecule has 30 heavy (non-hydrogen) atoms. The molecule has 4 rings (SSSR count). The van der Waals surface area contributed by atoms with Gasteiger partial charge in [0.05, 0.1) is 11.7 Å². The molecule has 0 radical (unpaired) electrons. The number of nitrogens with two attached hydrogens (primary N) is 1. The summed E-state index contributed by atoms with van der Waals surface area (Å²) in [6.07, 6.45) is 5.97. The van der Waals surface area contributed by atoms with Gasteiger partial charge in [-0.05, 0) is 26.3 Å². The zero-order valence-electron chi connectivity index (χ0n) is 16.6. The third-order valence-electron chi connectivity index (χ3n) is 5.65. The Morgan fingerprint density at radius 2 is 1.93 bits per heavy atom. The van der Waals surface area contributed by atoms with Crippen molar-refractivity contribution in [1.29, 1.82) is 0 Å². The summed E-state index contributed by atoms with van der Waals surface area (Å²) >= 11 is 1.40. The number of nitrogens with zero attached hydrogens (tertiary/aromatic N) is 5. The van der Waals surface area contributed by atoms with Crippen LogP contribution in [0.2, 0.25) is 0 Å². The van der Waals surface area contributed by atoms with Crippen LogP contribution < -0.4 is 16.4 Å². The molecule has 3 atom stereocenters. The topological polar surface area (TPSA) is 148 Å². The Balaban J connectivity index is 1.50. The molecule has 1 aliphatic heterocycles. The molecule has 0 spiro atoms. The summed E-state index contributed by atoms with van der Waals surface area (Å²) in [5.41, 5.74) is 6.07. The second-order valence-electron chi connectivity index (χ2n) is 7.78. The highest BCUT2D eigenvalue weighted by atomic mass is 32.1. The van der Waals surface area contributed by atoms with Gasteiger partial charge in [0.25, 0.3) is 5.91 Å². The normalized spacial score (nSPS) is 24.1. The lowest BCUT2D eigenvalue weighted by atomic mass is 9.86. The lowest BCUT2D eigenvalue weighted by Gasteiger charge is -2.36. The van der Waals surface area contributed by atoms with Gasteiger partial charge in [0.15, 0.2) is 5.01 Å². The van der Waals surface area contributed by atoms with Crippen molar-refractivity contribution in [2.75, 3.05) is 13.6 Å². The quantitative estimate of drug-likeness (QED) is 0.537. The first-order valence-corrected chi connectivity index (χ1v) is 10.6. The highest BCUT2D eigenvalue weighted by Gasteiger charge is 2.35. The van der Waals surface area contributed by atoms with Gasteiger partial charge in [0, 0.05) is 36.5 Å². The van der Waals surface area contributed by atoms with E-state index in [0.717, 1.165) is 36.5 Å². The molecule has 1 aliphatic carbocycles. The van der Waals surface area contributed by atoms with Gasteiger partial charge in [0.1, 0.15) is 12.7 Å². The van der Waals surface area contributed by atoms with Crippen LogP contribution in [0.4, 0.5) is 0 Å². The van der Waals surface area contributed by atoms with E-state index in [2.05, 4.69) is 30.7 Å². The number of carbonyl (C=O) groups is 3. The molecular formula is C18H24N8O3S. The molecule has 3 amide bonds. The van der Waals surface area contributed by atoms with E-state index in [4.69, 9.17) is 5.73 Å². The van der Waals surface area contributed by atoms with Crippen LogP contribution in [-0.2, 0) is 22.6 Å².